The number of hydrogen-bond acceptors (Lipinski definition) is 8. The predicted molar refractivity (Wildman–Crippen MR) is 141 cm³/mol. The molecule has 14 saturated carbocycles. The molecule has 4 atom stereocenters. The molecule has 16 bridgehead atoms. The van der Waals surface area contributed by atoms with Crippen LogP contribution in [-0.2, 0) is 9.68 Å². The van der Waals surface area contributed by atoms with Crippen LogP contribution in [0.4, 0.5) is 0 Å². The van der Waals surface area contributed by atoms with Crippen LogP contribution < -0.4 is 0 Å². The maximum Gasteiger partial charge on any atom is 0.295 e. The molecule has 0 amide bonds. The molecule has 0 heterocycles. The Morgan fingerprint density at radius 1 is 0.561 bits per heavy atom. The summed E-state index contributed by atoms with van der Waals surface area (Å²) in [7, 11) is 1.00. The number of hydrogen-bond donors (Lipinski definition) is 1. The van der Waals surface area contributed by atoms with E-state index in [0.29, 0.717) is 11.8 Å². The second-order valence-electron chi connectivity index (χ2n) is 15.4. The van der Waals surface area contributed by atoms with Crippen LogP contribution in [0.3, 0.4) is 0 Å². The summed E-state index contributed by atoms with van der Waals surface area (Å²) in [5, 5.41) is 32.2. The highest BCUT2D eigenvalue weighted by Gasteiger charge is 2.72. The van der Waals surface area contributed by atoms with Crippen molar-refractivity contribution in [1.29, 1.82) is 0 Å². The van der Waals surface area contributed by atoms with Crippen molar-refractivity contribution in [3.63, 3.8) is 0 Å². The van der Waals surface area contributed by atoms with Gasteiger partial charge in [-0.05, 0) is 166 Å². The minimum atomic E-state index is -1.50. The van der Waals surface area contributed by atoms with E-state index in [1.807, 2.05) is 0 Å². The van der Waals surface area contributed by atoms with Gasteiger partial charge in [0.15, 0.2) is 0 Å². The molecule has 0 aromatic rings. The van der Waals surface area contributed by atoms with Gasteiger partial charge in [-0.3, -0.25) is 0 Å². The molecule has 4 unspecified atom stereocenters. The summed E-state index contributed by atoms with van der Waals surface area (Å²) in [6, 6.07) is 0. The van der Waals surface area contributed by atoms with Gasteiger partial charge in [0.05, 0.1) is 7.11 Å². The quantitative estimate of drug-likeness (QED) is 0.338. The maximum atomic E-state index is 11.0. The molecule has 14 aliphatic rings. The van der Waals surface area contributed by atoms with Crippen molar-refractivity contribution in [1.82, 2.24) is 0 Å². The Kier molecular flexibility index (Phi) is 6.57. The van der Waals surface area contributed by atoms with Gasteiger partial charge in [-0.15, -0.1) is 30.3 Å². The fraction of sp³-hybridized carbons (Fsp3) is 1.00. The smallest absolute Gasteiger partial charge is 0.295 e. The van der Waals surface area contributed by atoms with Crippen molar-refractivity contribution in [2.24, 2.45) is 88.8 Å². The molecule has 0 aromatic heterocycles. The molecule has 1 N–H and O–H groups in total. The molecule has 14 fully saturated rings. The molecule has 14 aliphatic carbocycles. The fourth-order valence-corrected chi connectivity index (χ4v) is 14.1. The van der Waals surface area contributed by atoms with E-state index < -0.39 is 15.3 Å². The number of nitrogens with zero attached hydrogens (tertiary/aromatic N) is 3. The standard InChI is InChI=1S/C14H19NO3.C14H20.CH3NO3.HNO3/c16-15(17)18-14-6-8-2-10-9-1-7(4-12(10)14)5-13(14)11(9)3-8;1-7-2-12-10-4-8-5-11(9(1)10)13(3-7)14(12)6-8;1-5-2(3)4;2-1(3)4/h7-13H,1-6H2;7-14H,1-6H2;1H3;(H,2,3,4). The molecule has 0 radical (unpaired) electrons. The van der Waals surface area contributed by atoms with Gasteiger partial charge in [0.25, 0.3) is 15.3 Å². The first kappa shape index (κ1) is 27.4. The first-order valence-corrected chi connectivity index (χ1v) is 15.9. The molecule has 14 rings (SSSR count). The van der Waals surface area contributed by atoms with Crippen molar-refractivity contribution in [3.05, 3.63) is 30.3 Å². The molecule has 12 nitrogen and oxygen atoms in total. The van der Waals surface area contributed by atoms with Gasteiger partial charge in [-0.1, -0.05) is 0 Å². The van der Waals surface area contributed by atoms with Gasteiger partial charge in [-0.2, -0.15) is 0 Å². The summed E-state index contributed by atoms with van der Waals surface area (Å²) in [6.45, 7) is 0. The molecule has 12 heteroatoms. The van der Waals surface area contributed by atoms with Gasteiger partial charge in [-0.25, -0.2) is 0 Å². The molecule has 0 aromatic carbocycles. The van der Waals surface area contributed by atoms with E-state index in [2.05, 4.69) is 4.84 Å². The van der Waals surface area contributed by atoms with Crippen LogP contribution in [0.1, 0.15) is 77.0 Å². The van der Waals surface area contributed by atoms with E-state index in [0.717, 1.165) is 43.1 Å². The first-order valence-electron chi connectivity index (χ1n) is 15.9. The molecule has 0 saturated heterocycles. The van der Waals surface area contributed by atoms with E-state index in [1.165, 1.54) is 79.4 Å². The molecule has 0 spiro atoms. The van der Waals surface area contributed by atoms with Crippen molar-refractivity contribution in [2.75, 3.05) is 7.11 Å². The van der Waals surface area contributed by atoms with Gasteiger partial charge < -0.3 is 14.9 Å². The Labute approximate surface area is 239 Å². The van der Waals surface area contributed by atoms with E-state index >= 15 is 0 Å². The van der Waals surface area contributed by atoms with E-state index in [4.69, 9.17) is 30.3 Å². The van der Waals surface area contributed by atoms with Crippen LogP contribution in [-0.4, -0.2) is 33.2 Å². The SMILES string of the molecule is C1C2CC3C4CC5CC(C14)C(C2)C3C5.CO[N+](=O)[O-].O=[N+]([O-])O.O=[N+]([O-])OC12CC3CC4C5CC(CC41)CC2C5C3. The normalized spacial score (nSPS) is 53.3. The largest absolute Gasteiger partial charge is 0.328 e. The van der Waals surface area contributed by atoms with Crippen molar-refractivity contribution < 1.29 is 30.1 Å². The van der Waals surface area contributed by atoms with Crippen LogP contribution in [0.5, 0.6) is 0 Å². The summed E-state index contributed by atoms with van der Waals surface area (Å²) >= 11 is 0. The van der Waals surface area contributed by atoms with E-state index in [1.54, 1.807) is 38.5 Å². The first-order chi connectivity index (χ1) is 19.6. The van der Waals surface area contributed by atoms with Gasteiger partial charge in [0.1, 0.15) is 5.60 Å². The monoisotopic (exact) mass is 577 g/mol. The fourth-order valence-electron chi connectivity index (χ4n) is 14.1. The second kappa shape index (κ2) is 9.82. The Morgan fingerprint density at radius 2 is 0.854 bits per heavy atom. The third-order valence-electron chi connectivity index (χ3n) is 14.3. The highest BCUT2D eigenvalue weighted by molar-refractivity contribution is 5.19. The summed E-state index contributed by atoms with van der Waals surface area (Å²) in [4.78, 5) is 37.2. The Bertz CT molecular complexity index is 972. The van der Waals surface area contributed by atoms with Gasteiger partial charge >= 0.3 is 0 Å². The van der Waals surface area contributed by atoms with Crippen LogP contribution in [0.15, 0.2) is 0 Å². The van der Waals surface area contributed by atoms with Crippen molar-refractivity contribution in [3.8, 4) is 0 Å². The van der Waals surface area contributed by atoms with E-state index in [9.17, 15) is 10.1 Å². The zero-order chi connectivity index (χ0) is 28.8. The van der Waals surface area contributed by atoms with Crippen LogP contribution in [0.25, 0.3) is 0 Å². The Hall–Kier alpha value is -2.40. The van der Waals surface area contributed by atoms with Gasteiger partial charge in [0.2, 0.25) is 0 Å². The molecule has 228 valence electrons. The highest BCUT2D eigenvalue weighted by Crippen LogP contribution is 2.74. The zero-order valence-corrected chi connectivity index (χ0v) is 23.7. The second-order valence-corrected chi connectivity index (χ2v) is 15.4. The lowest BCUT2D eigenvalue weighted by Gasteiger charge is -2.73. The summed E-state index contributed by atoms with van der Waals surface area (Å²) in [5.74, 6) is 14.8. The summed E-state index contributed by atoms with van der Waals surface area (Å²) in [5.41, 5.74) is -0.354. The highest BCUT2D eigenvalue weighted by atomic mass is 17.0. The minimum Gasteiger partial charge on any atom is -0.328 e. The van der Waals surface area contributed by atoms with E-state index in [-0.39, 0.29) is 5.60 Å². The zero-order valence-electron chi connectivity index (χ0n) is 23.7. The molecule has 0 aliphatic heterocycles. The lowest BCUT2D eigenvalue weighted by Crippen LogP contribution is -2.72. The van der Waals surface area contributed by atoms with Crippen LogP contribution in [0, 0.1) is 119 Å². The average molecular weight is 578 g/mol. The van der Waals surface area contributed by atoms with Crippen LogP contribution in [0.2, 0.25) is 0 Å². The van der Waals surface area contributed by atoms with Crippen molar-refractivity contribution >= 4 is 0 Å². The molecular formula is C29H43N3O9. The van der Waals surface area contributed by atoms with Crippen molar-refractivity contribution in [2.45, 2.75) is 82.7 Å². The predicted octanol–water partition coefficient (Wildman–Crippen LogP) is 5.46. The van der Waals surface area contributed by atoms with Gasteiger partial charge in [0, 0.05) is 0 Å². The molecule has 41 heavy (non-hydrogen) atoms. The van der Waals surface area contributed by atoms with Crippen LogP contribution >= 0.6 is 0 Å². The third kappa shape index (κ3) is 4.27. The third-order valence-corrected chi connectivity index (χ3v) is 14.3. The lowest BCUT2D eigenvalue weighted by molar-refractivity contribution is -0.793. The topological polar surface area (TPSA) is 168 Å². The number of rotatable bonds is 3. The minimum absolute atomic E-state index is 0.354. The Morgan fingerprint density at radius 3 is 1.17 bits per heavy atom. The maximum absolute atomic E-state index is 11.0. The lowest BCUT2D eigenvalue weighted by atomic mass is 9.34. The Balaban J connectivity index is 0.000000107. The summed E-state index contributed by atoms with van der Waals surface area (Å²) in [6.07, 6.45) is 17.4. The molecular weight excluding hydrogens is 534 g/mol. The average Bonchev–Trinajstić information content (AvgIpc) is 2.93. The summed E-state index contributed by atoms with van der Waals surface area (Å²) < 4.78 is 0.